The predicted molar refractivity (Wildman–Crippen MR) is 68.7 cm³/mol. The lowest BCUT2D eigenvalue weighted by atomic mass is 10.1. The van der Waals surface area contributed by atoms with Gasteiger partial charge in [0.25, 0.3) is 0 Å². The predicted octanol–water partition coefficient (Wildman–Crippen LogP) is 3.62. The molecule has 1 heterocycles. The largest absolute Gasteiger partial charge is 0.399 e. The van der Waals surface area contributed by atoms with Crippen LogP contribution < -0.4 is 5.73 Å². The quantitative estimate of drug-likeness (QED) is 0.472. The molecule has 0 aliphatic carbocycles. The maximum atomic E-state index is 5.94. The van der Waals surface area contributed by atoms with Crippen LogP contribution in [0.15, 0.2) is 42.5 Å². The van der Waals surface area contributed by atoms with E-state index >= 15 is 0 Å². The van der Waals surface area contributed by atoms with Gasteiger partial charge in [-0.05, 0) is 36.4 Å². The van der Waals surface area contributed by atoms with Gasteiger partial charge in [0.1, 0.15) is 0 Å². The van der Waals surface area contributed by atoms with E-state index in [-0.39, 0.29) is 0 Å². The van der Waals surface area contributed by atoms with E-state index in [4.69, 9.17) is 17.3 Å². The molecular weight excluding hydrogens is 220 g/mol. The molecule has 2 N–H and O–H groups in total. The molecule has 0 fully saturated rings. The third kappa shape index (κ3) is 1.48. The van der Waals surface area contributed by atoms with Gasteiger partial charge in [-0.3, -0.25) is 0 Å². The minimum Gasteiger partial charge on any atom is -0.399 e. The topological polar surface area (TPSA) is 38.9 Å². The van der Waals surface area contributed by atoms with E-state index in [9.17, 15) is 0 Å². The highest BCUT2D eigenvalue weighted by Crippen LogP contribution is 2.23. The summed E-state index contributed by atoms with van der Waals surface area (Å²) in [5.41, 5.74) is 8.34. The molecule has 16 heavy (non-hydrogen) atoms. The molecule has 0 spiro atoms. The maximum absolute atomic E-state index is 5.94. The van der Waals surface area contributed by atoms with Crippen LogP contribution in [0.25, 0.3) is 21.8 Å². The smallest absolute Gasteiger partial charge is 0.0724 e. The van der Waals surface area contributed by atoms with Crippen molar-refractivity contribution in [3.8, 4) is 0 Å². The van der Waals surface area contributed by atoms with Crippen LogP contribution in [0, 0.1) is 0 Å². The molecule has 0 saturated carbocycles. The van der Waals surface area contributed by atoms with Crippen LogP contribution in [0.1, 0.15) is 0 Å². The minimum absolute atomic E-state index is 0.704. The zero-order chi connectivity index (χ0) is 11.1. The number of fused-ring (bicyclic) bond motifs is 2. The monoisotopic (exact) mass is 228 g/mol. The first-order chi connectivity index (χ1) is 7.72. The number of pyridine rings is 1. The van der Waals surface area contributed by atoms with Crippen LogP contribution in [0.3, 0.4) is 0 Å². The number of nitrogens with two attached hydrogens (primary N) is 1. The van der Waals surface area contributed by atoms with Gasteiger partial charge in [0.2, 0.25) is 0 Å². The van der Waals surface area contributed by atoms with Crippen molar-refractivity contribution < 1.29 is 0 Å². The molecule has 0 atom stereocenters. The molecule has 3 rings (SSSR count). The molecule has 3 aromatic rings. The van der Waals surface area contributed by atoms with Gasteiger partial charge in [0, 0.05) is 21.5 Å². The number of rotatable bonds is 0. The lowest BCUT2D eigenvalue weighted by Gasteiger charge is -2.02. The van der Waals surface area contributed by atoms with Gasteiger partial charge < -0.3 is 5.73 Å². The fourth-order valence-corrected chi connectivity index (χ4v) is 1.99. The fraction of sp³-hybridized carbons (Fsp3) is 0. The summed E-state index contributed by atoms with van der Waals surface area (Å²) in [6.07, 6.45) is 0. The van der Waals surface area contributed by atoms with Crippen LogP contribution >= 0.6 is 11.6 Å². The van der Waals surface area contributed by atoms with E-state index < -0.39 is 0 Å². The van der Waals surface area contributed by atoms with Gasteiger partial charge in [0.15, 0.2) is 0 Å². The van der Waals surface area contributed by atoms with Crippen molar-refractivity contribution in [3.05, 3.63) is 47.5 Å². The van der Waals surface area contributed by atoms with Gasteiger partial charge in [-0.2, -0.15) is 0 Å². The Kier molecular flexibility index (Phi) is 1.98. The highest BCUT2D eigenvalue weighted by atomic mass is 35.5. The molecular formula is C13H9ClN2. The number of hydrogen-bond donors (Lipinski definition) is 1. The first kappa shape index (κ1) is 9.43. The highest BCUT2D eigenvalue weighted by Gasteiger charge is 2.00. The second-order valence-corrected chi connectivity index (χ2v) is 4.21. The summed E-state index contributed by atoms with van der Waals surface area (Å²) in [5, 5.41) is 2.83. The average molecular weight is 229 g/mol. The molecule has 78 valence electrons. The van der Waals surface area contributed by atoms with Gasteiger partial charge in [-0.25, -0.2) is 4.98 Å². The van der Waals surface area contributed by atoms with Gasteiger partial charge in [-0.15, -0.1) is 0 Å². The molecule has 2 nitrogen and oxygen atoms in total. The summed E-state index contributed by atoms with van der Waals surface area (Å²) in [5.74, 6) is 0. The van der Waals surface area contributed by atoms with Crippen molar-refractivity contribution in [2.45, 2.75) is 0 Å². The van der Waals surface area contributed by atoms with E-state index in [0.717, 1.165) is 27.5 Å². The first-order valence-corrected chi connectivity index (χ1v) is 5.36. The van der Waals surface area contributed by atoms with E-state index in [2.05, 4.69) is 11.1 Å². The summed E-state index contributed by atoms with van der Waals surface area (Å²) in [6.45, 7) is 0. The minimum atomic E-state index is 0.704. The number of nitrogen functional groups attached to an aromatic ring is 1. The number of benzene rings is 2. The Balaban J connectivity index is 2.44. The zero-order valence-corrected chi connectivity index (χ0v) is 9.20. The van der Waals surface area contributed by atoms with Crippen LogP contribution in [0.5, 0.6) is 0 Å². The van der Waals surface area contributed by atoms with E-state index in [1.807, 2.05) is 36.4 Å². The van der Waals surface area contributed by atoms with Gasteiger partial charge in [-0.1, -0.05) is 17.7 Å². The van der Waals surface area contributed by atoms with E-state index in [1.165, 1.54) is 0 Å². The summed E-state index contributed by atoms with van der Waals surface area (Å²) < 4.78 is 0. The van der Waals surface area contributed by atoms with Crippen molar-refractivity contribution in [3.63, 3.8) is 0 Å². The third-order valence-electron chi connectivity index (χ3n) is 2.60. The van der Waals surface area contributed by atoms with Crippen molar-refractivity contribution in [2.24, 2.45) is 0 Å². The zero-order valence-electron chi connectivity index (χ0n) is 8.44. The van der Waals surface area contributed by atoms with Crippen molar-refractivity contribution >= 4 is 39.1 Å². The van der Waals surface area contributed by atoms with E-state index in [1.54, 1.807) is 0 Å². The van der Waals surface area contributed by atoms with Crippen molar-refractivity contribution in [1.82, 2.24) is 4.98 Å². The molecule has 0 unspecified atom stereocenters. The Morgan fingerprint density at radius 3 is 2.62 bits per heavy atom. The summed E-state index contributed by atoms with van der Waals surface area (Å²) >= 11 is 5.94. The average Bonchev–Trinajstić information content (AvgIpc) is 2.26. The molecule has 0 amide bonds. The van der Waals surface area contributed by atoms with Crippen molar-refractivity contribution in [1.29, 1.82) is 0 Å². The highest BCUT2D eigenvalue weighted by molar-refractivity contribution is 6.31. The van der Waals surface area contributed by atoms with Crippen LogP contribution in [0.2, 0.25) is 5.02 Å². The van der Waals surface area contributed by atoms with E-state index in [0.29, 0.717) is 5.02 Å². The summed E-state index contributed by atoms with van der Waals surface area (Å²) in [6, 6.07) is 13.5. The molecule has 0 radical (unpaired) electrons. The number of nitrogens with zero attached hydrogens (tertiary/aromatic N) is 1. The number of halogens is 1. The SMILES string of the molecule is Nc1ccc2nc3cc(Cl)ccc3cc2c1. The number of anilines is 1. The summed E-state index contributed by atoms with van der Waals surface area (Å²) in [7, 11) is 0. The molecule has 0 saturated heterocycles. The lowest BCUT2D eigenvalue weighted by Crippen LogP contribution is -1.86. The Morgan fingerprint density at radius 1 is 0.875 bits per heavy atom. The number of aromatic nitrogens is 1. The van der Waals surface area contributed by atoms with Crippen LogP contribution in [-0.4, -0.2) is 4.98 Å². The molecule has 0 bridgehead atoms. The van der Waals surface area contributed by atoms with Gasteiger partial charge in [0.05, 0.1) is 11.0 Å². The normalized spacial score (nSPS) is 11.1. The lowest BCUT2D eigenvalue weighted by molar-refractivity contribution is 1.50. The Bertz CT molecular complexity index is 630. The number of hydrogen-bond acceptors (Lipinski definition) is 2. The molecule has 0 aliphatic rings. The molecule has 3 heteroatoms. The van der Waals surface area contributed by atoms with Gasteiger partial charge >= 0.3 is 0 Å². The third-order valence-corrected chi connectivity index (χ3v) is 2.83. The second kappa shape index (κ2) is 3.35. The summed E-state index contributed by atoms with van der Waals surface area (Å²) in [4.78, 5) is 4.54. The first-order valence-electron chi connectivity index (χ1n) is 4.98. The Morgan fingerprint density at radius 2 is 1.75 bits per heavy atom. The van der Waals surface area contributed by atoms with Crippen LogP contribution in [-0.2, 0) is 0 Å². The van der Waals surface area contributed by atoms with Crippen molar-refractivity contribution in [2.75, 3.05) is 5.73 Å². The molecule has 0 aliphatic heterocycles. The Hall–Kier alpha value is -1.80. The molecule has 2 aromatic carbocycles. The fourth-order valence-electron chi connectivity index (χ4n) is 1.82. The standard InChI is InChI=1S/C13H9ClN2/c14-10-2-1-8-5-9-6-11(15)3-4-12(9)16-13(8)7-10/h1-7H,15H2. The molecule has 1 aromatic heterocycles. The maximum Gasteiger partial charge on any atom is 0.0724 e. The second-order valence-electron chi connectivity index (χ2n) is 3.78. The Labute approximate surface area is 97.7 Å². The van der Waals surface area contributed by atoms with Crippen LogP contribution in [0.4, 0.5) is 5.69 Å².